The van der Waals surface area contributed by atoms with E-state index < -0.39 is 0 Å². The lowest BCUT2D eigenvalue weighted by Crippen LogP contribution is -2.00. The first-order valence-electron chi connectivity index (χ1n) is 23.2. The van der Waals surface area contributed by atoms with E-state index >= 15 is 0 Å². The Balaban J connectivity index is 0.975. The van der Waals surface area contributed by atoms with Crippen LogP contribution in [0.5, 0.6) is 0 Å². The van der Waals surface area contributed by atoms with E-state index in [2.05, 4.69) is 168 Å². The van der Waals surface area contributed by atoms with E-state index in [0.717, 1.165) is 99.5 Å². The molecule has 0 spiro atoms. The highest BCUT2D eigenvalue weighted by Crippen LogP contribution is 2.46. The molecule has 0 atom stereocenters. The molecular weight excluding hydrogens is 845 g/mol. The number of nitrogens with zero attached hydrogens (tertiary/aromatic N) is 4. The van der Waals surface area contributed by atoms with Gasteiger partial charge < -0.3 is 13.4 Å². The molecule has 6 nitrogen and oxygen atoms in total. The lowest BCUT2D eigenvalue weighted by Gasteiger charge is -2.16. The van der Waals surface area contributed by atoms with Gasteiger partial charge in [-0.25, -0.2) is 15.0 Å². The van der Waals surface area contributed by atoms with Crippen LogP contribution in [0.3, 0.4) is 0 Å². The standard InChI is InChI=1S/C63H38N4O2/c1-4-16-39(17-5-1)42-30-32-52-49(37-42)47-24-10-12-27-51(47)67(52)53-33-35-57-60(48-25-11-13-28-54(48)68-57)58(53)44-31-34-55-50(38-44)59-46(26-15-29-56(59)69-55)43-22-14-23-45(36-43)63-65-61(40-18-6-2-7-19-40)64-62(66-63)41-20-8-3-9-21-41/h1-38H. The molecule has 0 N–H and O–H groups in total. The summed E-state index contributed by atoms with van der Waals surface area (Å²) in [7, 11) is 0. The van der Waals surface area contributed by atoms with Crippen molar-refractivity contribution in [1.82, 2.24) is 19.5 Å². The largest absolute Gasteiger partial charge is 0.456 e. The number of hydrogen-bond acceptors (Lipinski definition) is 5. The molecule has 0 saturated heterocycles. The summed E-state index contributed by atoms with van der Waals surface area (Å²) in [6.07, 6.45) is 0. The average molecular weight is 883 g/mol. The molecule has 0 bridgehead atoms. The van der Waals surface area contributed by atoms with Gasteiger partial charge in [-0.15, -0.1) is 0 Å². The van der Waals surface area contributed by atoms with Crippen molar-refractivity contribution in [2.75, 3.05) is 0 Å². The summed E-state index contributed by atoms with van der Waals surface area (Å²) in [5.74, 6) is 1.85. The number of rotatable bonds is 7. The van der Waals surface area contributed by atoms with Gasteiger partial charge in [0, 0.05) is 54.6 Å². The highest BCUT2D eigenvalue weighted by Gasteiger charge is 2.23. The van der Waals surface area contributed by atoms with Crippen LogP contribution in [0, 0.1) is 0 Å². The Morgan fingerprint density at radius 1 is 0.290 bits per heavy atom. The highest BCUT2D eigenvalue weighted by atomic mass is 16.3. The van der Waals surface area contributed by atoms with Crippen LogP contribution in [0.1, 0.15) is 0 Å². The number of benzene rings is 10. The van der Waals surface area contributed by atoms with Crippen LogP contribution >= 0.6 is 0 Å². The number of hydrogen-bond donors (Lipinski definition) is 0. The van der Waals surface area contributed by atoms with E-state index in [1.54, 1.807) is 0 Å². The predicted molar refractivity (Wildman–Crippen MR) is 281 cm³/mol. The van der Waals surface area contributed by atoms with Gasteiger partial charge in [-0.1, -0.05) is 170 Å². The third-order valence-electron chi connectivity index (χ3n) is 13.5. The van der Waals surface area contributed by atoms with Crippen molar-refractivity contribution in [2.45, 2.75) is 0 Å². The van der Waals surface area contributed by atoms with E-state index in [-0.39, 0.29) is 0 Å². The van der Waals surface area contributed by atoms with Crippen molar-refractivity contribution in [3.63, 3.8) is 0 Å². The molecule has 0 radical (unpaired) electrons. The average Bonchev–Trinajstić information content (AvgIpc) is 4.10. The van der Waals surface area contributed by atoms with Gasteiger partial charge in [0.05, 0.1) is 16.7 Å². The van der Waals surface area contributed by atoms with Gasteiger partial charge in [-0.2, -0.15) is 0 Å². The fourth-order valence-electron chi connectivity index (χ4n) is 10.3. The maximum absolute atomic E-state index is 6.70. The van der Waals surface area contributed by atoms with Crippen LogP contribution in [0.2, 0.25) is 0 Å². The first-order chi connectivity index (χ1) is 34.2. The summed E-state index contributed by atoms with van der Waals surface area (Å²) in [4.78, 5) is 15.1. The SMILES string of the molecule is c1ccc(-c2ccc3c(c2)c2ccccc2n3-c2ccc3oc4ccccc4c3c2-c2ccc3oc4cccc(-c5cccc(-c6nc(-c7ccccc7)nc(-c7ccccc7)n6)c5)c4c3c2)cc1. The third kappa shape index (κ3) is 6.38. The summed E-state index contributed by atoms with van der Waals surface area (Å²) >= 11 is 0. The fraction of sp³-hybridized carbons (Fsp3) is 0. The molecule has 0 aliphatic heterocycles. The van der Waals surface area contributed by atoms with Crippen LogP contribution in [-0.4, -0.2) is 19.5 Å². The number of para-hydroxylation sites is 2. The van der Waals surface area contributed by atoms with Crippen molar-refractivity contribution in [3.8, 4) is 73.2 Å². The van der Waals surface area contributed by atoms with Crippen molar-refractivity contribution in [2.24, 2.45) is 0 Å². The van der Waals surface area contributed by atoms with Gasteiger partial charge in [-0.3, -0.25) is 0 Å². The molecular formula is C63H38N4O2. The molecule has 4 heterocycles. The van der Waals surface area contributed by atoms with Gasteiger partial charge in [0.1, 0.15) is 22.3 Å². The van der Waals surface area contributed by atoms with Gasteiger partial charge in [0.25, 0.3) is 0 Å². The van der Waals surface area contributed by atoms with E-state index in [4.69, 9.17) is 23.8 Å². The second kappa shape index (κ2) is 15.6. The van der Waals surface area contributed by atoms with Crippen LogP contribution in [0.25, 0.3) is 139 Å². The molecule has 0 fully saturated rings. The van der Waals surface area contributed by atoms with Gasteiger partial charge in [0.2, 0.25) is 0 Å². The Morgan fingerprint density at radius 3 is 1.57 bits per heavy atom. The summed E-state index contributed by atoms with van der Waals surface area (Å²) in [6, 6.07) is 80.5. The van der Waals surface area contributed by atoms with Crippen LogP contribution in [0.4, 0.5) is 0 Å². The van der Waals surface area contributed by atoms with E-state index in [1.165, 1.54) is 21.9 Å². The molecule has 0 aliphatic carbocycles. The Hall–Kier alpha value is -9.39. The summed E-state index contributed by atoms with van der Waals surface area (Å²) in [6.45, 7) is 0. The summed E-state index contributed by atoms with van der Waals surface area (Å²) < 4.78 is 15.7. The molecule has 0 amide bonds. The lowest BCUT2D eigenvalue weighted by atomic mass is 9.94. The normalized spacial score (nSPS) is 11.8. The summed E-state index contributed by atoms with van der Waals surface area (Å²) in [5.41, 5.74) is 16.0. The maximum atomic E-state index is 6.70. The number of furan rings is 2. The van der Waals surface area contributed by atoms with Gasteiger partial charge in [-0.05, 0) is 88.5 Å². The Kier molecular flexibility index (Phi) is 8.79. The zero-order valence-electron chi connectivity index (χ0n) is 37.0. The molecule has 69 heavy (non-hydrogen) atoms. The number of aromatic nitrogens is 4. The molecule has 0 unspecified atom stereocenters. The number of fused-ring (bicyclic) bond motifs is 9. The van der Waals surface area contributed by atoms with Crippen LogP contribution in [0.15, 0.2) is 239 Å². The zero-order valence-corrected chi connectivity index (χ0v) is 37.0. The van der Waals surface area contributed by atoms with Gasteiger partial charge in [0.15, 0.2) is 17.5 Å². The van der Waals surface area contributed by atoms with Crippen molar-refractivity contribution < 1.29 is 8.83 Å². The molecule has 0 aliphatic rings. The molecule has 14 rings (SSSR count). The zero-order chi connectivity index (χ0) is 45.4. The van der Waals surface area contributed by atoms with Crippen molar-refractivity contribution in [1.29, 1.82) is 0 Å². The molecule has 0 saturated carbocycles. The minimum absolute atomic E-state index is 0.602. The molecule has 6 heteroatoms. The minimum Gasteiger partial charge on any atom is -0.456 e. The monoisotopic (exact) mass is 882 g/mol. The molecule has 4 aromatic heterocycles. The third-order valence-corrected chi connectivity index (χ3v) is 13.5. The second-order valence-electron chi connectivity index (χ2n) is 17.5. The predicted octanol–water partition coefficient (Wildman–Crippen LogP) is 16.8. The Bertz CT molecular complexity index is 4250. The second-order valence-corrected chi connectivity index (χ2v) is 17.5. The lowest BCUT2D eigenvalue weighted by molar-refractivity contribution is 0.669. The Labute approximate surface area is 396 Å². The van der Waals surface area contributed by atoms with Gasteiger partial charge >= 0.3 is 0 Å². The fourth-order valence-corrected chi connectivity index (χ4v) is 10.3. The quantitative estimate of drug-likeness (QED) is 0.159. The topological polar surface area (TPSA) is 69.9 Å². The molecule has 322 valence electrons. The van der Waals surface area contributed by atoms with E-state index in [0.29, 0.717) is 17.5 Å². The van der Waals surface area contributed by atoms with Crippen molar-refractivity contribution >= 4 is 65.7 Å². The smallest absolute Gasteiger partial charge is 0.164 e. The Morgan fingerprint density at radius 2 is 0.812 bits per heavy atom. The molecule has 10 aromatic carbocycles. The van der Waals surface area contributed by atoms with E-state index in [9.17, 15) is 0 Å². The highest BCUT2D eigenvalue weighted by molar-refractivity contribution is 6.19. The minimum atomic E-state index is 0.602. The summed E-state index contributed by atoms with van der Waals surface area (Å²) in [5, 5.41) is 6.58. The van der Waals surface area contributed by atoms with Crippen LogP contribution < -0.4 is 0 Å². The first kappa shape index (κ1) is 38.8. The van der Waals surface area contributed by atoms with E-state index in [1.807, 2.05) is 66.7 Å². The maximum Gasteiger partial charge on any atom is 0.164 e. The first-order valence-corrected chi connectivity index (χ1v) is 23.2. The van der Waals surface area contributed by atoms with Crippen LogP contribution in [-0.2, 0) is 0 Å². The van der Waals surface area contributed by atoms with Crippen molar-refractivity contribution in [3.05, 3.63) is 231 Å². The molecule has 14 aromatic rings.